The van der Waals surface area contributed by atoms with Crippen molar-refractivity contribution in [1.29, 1.82) is 0 Å². The molecule has 3 N–H and O–H groups in total. The first-order chi connectivity index (χ1) is 8.99. The van der Waals surface area contributed by atoms with Crippen molar-refractivity contribution < 1.29 is 4.39 Å². The van der Waals surface area contributed by atoms with Crippen LogP contribution in [0, 0.1) is 5.82 Å². The normalized spacial score (nSPS) is 12.2. The lowest BCUT2D eigenvalue weighted by atomic mass is 10.1. The number of anilines is 2. The molecule has 2 nitrogen and oxygen atoms in total. The van der Waals surface area contributed by atoms with Gasteiger partial charge in [0, 0.05) is 11.1 Å². The second kappa shape index (κ2) is 5.80. The van der Waals surface area contributed by atoms with Crippen molar-refractivity contribution in [1.82, 2.24) is 0 Å². The molecular formula is C14H13BrClFN2. The Hall–Kier alpha value is -1.26. The molecule has 0 fully saturated rings. The standard InChI is InChI=1S/C14H13BrClFN2/c1-8(9-4-2-3-5-11(9)16)19-14-6-10(15)12(17)7-13(14)18/h2-8,19H,18H2,1H3. The van der Waals surface area contributed by atoms with Crippen LogP contribution in [-0.2, 0) is 0 Å². The van der Waals surface area contributed by atoms with E-state index < -0.39 is 0 Å². The minimum Gasteiger partial charge on any atom is -0.397 e. The number of halogens is 3. The number of hydrogen-bond donors (Lipinski definition) is 2. The fourth-order valence-corrected chi connectivity index (χ4v) is 2.47. The second-order valence-electron chi connectivity index (χ2n) is 4.24. The first kappa shape index (κ1) is 14.2. The van der Waals surface area contributed by atoms with Crippen molar-refractivity contribution >= 4 is 38.9 Å². The zero-order valence-electron chi connectivity index (χ0n) is 10.3. The van der Waals surface area contributed by atoms with E-state index in [9.17, 15) is 4.39 Å². The van der Waals surface area contributed by atoms with Crippen LogP contribution in [0.4, 0.5) is 15.8 Å². The molecule has 0 amide bonds. The van der Waals surface area contributed by atoms with Crippen molar-refractivity contribution in [3.63, 3.8) is 0 Å². The van der Waals surface area contributed by atoms with Gasteiger partial charge in [0.25, 0.3) is 0 Å². The third-order valence-electron chi connectivity index (χ3n) is 2.84. The van der Waals surface area contributed by atoms with E-state index in [4.69, 9.17) is 17.3 Å². The predicted octanol–water partition coefficient (Wildman–Crippen LogP) is 5.00. The highest BCUT2D eigenvalue weighted by atomic mass is 79.9. The Morgan fingerprint density at radius 1 is 1.32 bits per heavy atom. The summed E-state index contributed by atoms with van der Waals surface area (Å²) >= 11 is 9.29. The minimum absolute atomic E-state index is 0.0339. The first-order valence-corrected chi connectivity index (χ1v) is 6.91. The average molecular weight is 344 g/mol. The van der Waals surface area contributed by atoms with Crippen molar-refractivity contribution in [3.8, 4) is 0 Å². The van der Waals surface area contributed by atoms with Gasteiger partial charge in [-0.1, -0.05) is 29.8 Å². The van der Waals surface area contributed by atoms with E-state index in [1.54, 1.807) is 6.07 Å². The van der Waals surface area contributed by atoms with Crippen LogP contribution in [0.25, 0.3) is 0 Å². The summed E-state index contributed by atoms with van der Waals surface area (Å²) in [6, 6.07) is 10.4. The van der Waals surface area contributed by atoms with Crippen LogP contribution in [-0.4, -0.2) is 0 Å². The molecule has 0 aliphatic carbocycles. The van der Waals surface area contributed by atoms with Gasteiger partial charge in [0.1, 0.15) is 5.82 Å². The van der Waals surface area contributed by atoms with Gasteiger partial charge in [-0.05, 0) is 40.5 Å². The van der Waals surface area contributed by atoms with E-state index in [0.29, 0.717) is 20.9 Å². The molecule has 2 rings (SSSR count). The third-order valence-corrected chi connectivity index (χ3v) is 3.79. The van der Waals surface area contributed by atoms with Gasteiger partial charge in [0.15, 0.2) is 0 Å². The van der Waals surface area contributed by atoms with Crippen LogP contribution in [0.2, 0.25) is 5.02 Å². The first-order valence-electron chi connectivity index (χ1n) is 5.74. The summed E-state index contributed by atoms with van der Waals surface area (Å²) in [6.07, 6.45) is 0. The van der Waals surface area contributed by atoms with Gasteiger partial charge < -0.3 is 11.1 Å². The van der Waals surface area contributed by atoms with Crippen molar-refractivity contribution in [3.05, 3.63) is 57.3 Å². The SMILES string of the molecule is CC(Nc1cc(Br)c(F)cc1N)c1ccccc1Cl. The molecule has 5 heteroatoms. The van der Waals surface area contributed by atoms with Gasteiger partial charge in [-0.15, -0.1) is 0 Å². The van der Waals surface area contributed by atoms with Gasteiger partial charge in [0.05, 0.1) is 21.9 Å². The van der Waals surface area contributed by atoms with Gasteiger partial charge in [-0.3, -0.25) is 0 Å². The molecule has 1 atom stereocenters. The second-order valence-corrected chi connectivity index (χ2v) is 5.50. The van der Waals surface area contributed by atoms with Gasteiger partial charge in [-0.25, -0.2) is 4.39 Å². The molecule has 1 unspecified atom stereocenters. The van der Waals surface area contributed by atoms with Crippen molar-refractivity contribution in [2.75, 3.05) is 11.1 Å². The number of rotatable bonds is 3. The molecule has 19 heavy (non-hydrogen) atoms. The summed E-state index contributed by atoms with van der Waals surface area (Å²) < 4.78 is 13.7. The summed E-state index contributed by atoms with van der Waals surface area (Å²) in [5, 5.41) is 3.91. The van der Waals surface area contributed by atoms with Crippen LogP contribution in [0.5, 0.6) is 0 Å². The van der Waals surface area contributed by atoms with Gasteiger partial charge >= 0.3 is 0 Å². The fraction of sp³-hybridized carbons (Fsp3) is 0.143. The number of nitrogens with two attached hydrogens (primary N) is 1. The molecule has 0 aliphatic heterocycles. The Morgan fingerprint density at radius 3 is 2.68 bits per heavy atom. The van der Waals surface area contributed by atoms with Crippen molar-refractivity contribution in [2.45, 2.75) is 13.0 Å². The van der Waals surface area contributed by atoms with Crippen LogP contribution < -0.4 is 11.1 Å². The zero-order valence-corrected chi connectivity index (χ0v) is 12.6. The summed E-state index contributed by atoms with van der Waals surface area (Å²) in [4.78, 5) is 0. The summed E-state index contributed by atoms with van der Waals surface area (Å²) in [5.74, 6) is -0.381. The molecule has 0 bridgehead atoms. The average Bonchev–Trinajstić information content (AvgIpc) is 2.36. The molecule has 100 valence electrons. The number of benzene rings is 2. The smallest absolute Gasteiger partial charge is 0.139 e. The van der Waals surface area contributed by atoms with Gasteiger partial charge in [-0.2, -0.15) is 0 Å². The molecule has 2 aromatic rings. The maximum atomic E-state index is 13.3. The Balaban J connectivity index is 2.27. The van der Waals surface area contributed by atoms with Crippen LogP contribution in [0.15, 0.2) is 40.9 Å². The highest BCUT2D eigenvalue weighted by molar-refractivity contribution is 9.10. The van der Waals surface area contributed by atoms with Crippen LogP contribution in [0.1, 0.15) is 18.5 Å². The molecule has 0 aromatic heterocycles. The molecule has 2 aromatic carbocycles. The molecule has 0 spiro atoms. The molecule has 0 radical (unpaired) electrons. The molecule has 0 aliphatic rings. The van der Waals surface area contributed by atoms with E-state index in [1.165, 1.54) is 6.07 Å². The Bertz CT molecular complexity index is 604. The topological polar surface area (TPSA) is 38.0 Å². The fourth-order valence-electron chi connectivity index (χ4n) is 1.82. The number of hydrogen-bond acceptors (Lipinski definition) is 2. The minimum atomic E-state index is -0.381. The van der Waals surface area contributed by atoms with Crippen LogP contribution in [0.3, 0.4) is 0 Å². The molecular weight excluding hydrogens is 331 g/mol. The Kier molecular flexibility index (Phi) is 4.32. The molecule has 0 saturated carbocycles. The highest BCUT2D eigenvalue weighted by Crippen LogP contribution is 2.31. The molecule has 0 saturated heterocycles. The lowest BCUT2D eigenvalue weighted by Crippen LogP contribution is -2.09. The largest absolute Gasteiger partial charge is 0.397 e. The quantitative estimate of drug-likeness (QED) is 0.770. The highest BCUT2D eigenvalue weighted by Gasteiger charge is 2.12. The monoisotopic (exact) mass is 342 g/mol. The third kappa shape index (κ3) is 3.19. The van der Waals surface area contributed by atoms with Crippen molar-refractivity contribution in [2.24, 2.45) is 0 Å². The maximum absolute atomic E-state index is 13.3. The van der Waals surface area contributed by atoms with Crippen LogP contribution >= 0.6 is 27.5 Å². The van der Waals surface area contributed by atoms with E-state index in [0.717, 1.165) is 5.56 Å². The summed E-state index contributed by atoms with van der Waals surface area (Å²) in [6.45, 7) is 1.97. The predicted molar refractivity (Wildman–Crippen MR) is 82.0 cm³/mol. The lowest BCUT2D eigenvalue weighted by Gasteiger charge is -2.18. The molecule has 0 heterocycles. The number of nitrogen functional groups attached to an aromatic ring is 1. The Morgan fingerprint density at radius 2 is 2.00 bits per heavy atom. The van der Waals surface area contributed by atoms with E-state index in [-0.39, 0.29) is 11.9 Å². The summed E-state index contributed by atoms with van der Waals surface area (Å²) in [7, 11) is 0. The Labute approximate surface area is 124 Å². The lowest BCUT2D eigenvalue weighted by molar-refractivity contribution is 0.622. The maximum Gasteiger partial charge on any atom is 0.139 e. The van der Waals surface area contributed by atoms with Gasteiger partial charge in [0.2, 0.25) is 0 Å². The van der Waals surface area contributed by atoms with E-state index >= 15 is 0 Å². The number of nitrogens with one attached hydrogen (secondary N) is 1. The van der Waals surface area contributed by atoms with E-state index in [1.807, 2.05) is 31.2 Å². The van der Waals surface area contributed by atoms with E-state index in [2.05, 4.69) is 21.2 Å². The summed E-state index contributed by atoms with van der Waals surface area (Å²) in [5.41, 5.74) is 7.79. The zero-order chi connectivity index (χ0) is 14.0.